The summed E-state index contributed by atoms with van der Waals surface area (Å²) in [5.74, 6) is -7.31. The summed E-state index contributed by atoms with van der Waals surface area (Å²) in [5.41, 5.74) is 4.56. The highest BCUT2D eigenvalue weighted by atomic mass is 16.6. The van der Waals surface area contributed by atoms with Gasteiger partial charge in [-0.2, -0.15) is 0 Å². The van der Waals surface area contributed by atoms with Gasteiger partial charge in [0.25, 0.3) is 0 Å². The predicted molar refractivity (Wildman–Crippen MR) is 559 cm³/mol. The summed E-state index contributed by atoms with van der Waals surface area (Å²) in [4.78, 5) is 182. The van der Waals surface area contributed by atoms with Crippen molar-refractivity contribution in [3.63, 3.8) is 0 Å². The molecule has 0 aliphatic heterocycles. The maximum Gasteiger partial charge on any atom is 0.407 e. The van der Waals surface area contributed by atoms with E-state index in [1.807, 2.05) is 97.1 Å². The Morgan fingerprint density at radius 2 is 0.808 bits per heavy atom. The third-order valence-electron chi connectivity index (χ3n) is 30.3. The van der Waals surface area contributed by atoms with Gasteiger partial charge in [-0.1, -0.05) is 220 Å². The van der Waals surface area contributed by atoms with Crippen LogP contribution in [0.4, 0.5) is 19.2 Å². The van der Waals surface area contributed by atoms with E-state index in [1.54, 1.807) is 69.2 Å². The molecule has 0 saturated heterocycles. The number of amides is 8. The van der Waals surface area contributed by atoms with Crippen molar-refractivity contribution in [3.05, 3.63) is 131 Å². The Kier molecular flexibility index (Phi) is 46.0. The lowest BCUT2D eigenvalue weighted by Crippen LogP contribution is -2.64. The van der Waals surface area contributed by atoms with Crippen LogP contribution in [0.25, 0.3) is 22.3 Å². The monoisotopic (exact) mass is 2030 g/mol. The predicted octanol–water partition coefficient (Wildman–Crippen LogP) is 20.7. The summed E-state index contributed by atoms with van der Waals surface area (Å²) in [6.07, 6.45) is 23.4. The third kappa shape index (κ3) is 36.2. The Morgan fingerprint density at radius 1 is 0.397 bits per heavy atom. The molecule has 0 unspecified atom stereocenters. The molecule has 0 radical (unpaired) electrons. The van der Waals surface area contributed by atoms with E-state index < -0.39 is 150 Å². The standard InChI is InChI=1S/C116H170N8O22/c1-15-17-18-19-20-21-22-23-24-25-26-27-28-29-30-46-67-117-98(125)64-61-77(3)90-62-63-91-104-92(71-97(116(90,91)14)143-103(130)74-121-105(131)93(122-109(135)138-16-2)56-33-31-35-59-99(126)144-112(4,5)6)115(13)66-65-79(141-101(128)72-119-106(132)94(57-34-32-36-60-100(127)145-113(7,8)9)123-110(136)139-75-88-84-52-41-37-48-80(84)81-49-38-42-53-85(81)88)69-78(115)70-96(104)142-102(129)73-120-107(133)95(58-45-47-68-118-108(134)146-114(10,11)12)124-111(137)140-76-89-86-54-43-39-50-82(86)83-51-40-44-55-87(83)89/h23-24,37-44,48-55,77-79,88-97,104H,15-22,25-36,45-47,56-76H2,1-14H3,(H,117,125)(H,118,134)(H,119,132)(H,120,133)(H,121,131)(H,122,135)(H,123,136)(H,124,137)/b24-23-/t77-,78+,79-,90-,91+,92+,93+,94+,95+,96-,97+,104+,115+,116-/m1/s1. The molecule has 0 aromatic heterocycles. The van der Waals surface area contributed by atoms with Crippen molar-refractivity contribution in [1.82, 2.24) is 42.5 Å². The van der Waals surface area contributed by atoms with Crippen molar-refractivity contribution >= 4 is 77.8 Å². The lowest BCUT2D eigenvalue weighted by Gasteiger charge is -2.64. The molecule has 4 aromatic carbocycles. The van der Waals surface area contributed by atoms with E-state index in [0.29, 0.717) is 90.0 Å². The maximum atomic E-state index is 15.3. The van der Waals surface area contributed by atoms with Gasteiger partial charge in [-0.3, -0.25) is 43.2 Å². The van der Waals surface area contributed by atoms with E-state index >= 15 is 9.59 Å². The quantitative estimate of drug-likeness (QED) is 0.00881. The van der Waals surface area contributed by atoms with Crippen LogP contribution < -0.4 is 42.5 Å². The zero-order chi connectivity index (χ0) is 106. The van der Waals surface area contributed by atoms with Crippen LogP contribution >= 0.6 is 0 Å². The number of esters is 5. The number of carbonyl (C=O) groups excluding carboxylic acids is 13. The van der Waals surface area contributed by atoms with Crippen molar-refractivity contribution in [2.75, 3.05) is 52.5 Å². The first-order chi connectivity index (χ1) is 69.8. The number of hydrogen-bond acceptors (Lipinski definition) is 22. The molecular formula is C116H170N8O22. The number of rotatable bonds is 57. The smallest absolute Gasteiger partial charge is 0.407 e. The number of allylic oxidation sites excluding steroid dienone is 2. The van der Waals surface area contributed by atoms with Crippen molar-refractivity contribution in [2.24, 2.45) is 46.3 Å². The summed E-state index contributed by atoms with van der Waals surface area (Å²) < 4.78 is 53.9. The Hall–Kier alpha value is -11.1. The molecule has 806 valence electrons. The molecule has 4 fully saturated rings. The molecule has 10 rings (SSSR count). The third-order valence-corrected chi connectivity index (χ3v) is 30.3. The number of nitrogens with one attached hydrogen (secondary N) is 8. The van der Waals surface area contributed by atoms with Gasteiger partial charge in [0, 0.05) is 55.5 Å². The first kappa shape index (κ1) is 117. The summed E-state index contributed by atoms with van der Waals surface area (Å²) in [6, 6.07) is 28.2. The molecule has 0 spiro atoms. The first-order valence-corrected chi connectivity index (χ1v) is 54.7. The fourth-order valence-electron chi connectivity index (χ4n) is 23.2. The minimum atomic E-state index is -1.23. The van der Waals surface area contributed by atoms with Gasteiger partial charge in [-0.05, 0) is 277 Å². The summed E-state index contributed by atoms with van der Waals surface area (Å²) in [6.45, 7) is 25.3. The highest BCUT2D eigenvalue weighted by Crippen LogP contribution is 2.70. The zero-order valence-corrected chi connectivity index (χ0v) is 89.6. The molecule has 8 amide bonds. The SMILES string of the molecule is CCCCCCCC/C=C\CCCCCCCCNC(=O)CC[C@@H](C)[C@H]1CC[C@H]2[C@@H]3[C@H](OC(=O)CNC(=O)[C@H](CCCCNC(=O)OC(C)(C)C)NC(=O)OCC4c5ccccc5-c5ccccc54)C[C@@H]4C[C@H](OC(=O)CNC(=O)[C@H](CCCCCC(=O)OC(C)(C)C)NC(=O)OCC5c6ccccc6-c6ccccc65)CC[C@]4(C)[C@H]3C[C@H](OC(=O)CNC(=O)[C@H](CCCCCC(=O)OC(C)(C)C)NC(=O)OCC)[C@]12C. The Bertz CT molecular complexity index is 4890. The van der Waals surface area contributed by atoms with Crippen LogP contribution in [0.2, 0.25) is 0 Å². The van der Waals surface area contributed by atoms with Crippen molar-refractivity contribution in [2.45, 2.75) is 393 Å². The Morgan fingerprint density at radius 3 is 1.27 bits per heavy atom. The molecular weight excluding hydrogens is 1860 g/mol. The number of alkyl carbamates (subject to hydrolysis) is 4. The highest BCUT2D eigenvalue weighted by molar-refractivity contribution is 5.91. The lowest BCUT2D eigenvalue weighted by molar-refractivity contribution is -0.225. The molecule has 4 aromatic rings. The molecule has 0 heterocycles. The Balaban J connectivity index is 0.882. The number of hydrogen-bond donors (Lipinski definition) is 8. The van der Waals surface area contributed by atoms with E-state index in [4.69, 9.17) is 42.6 Å². The van der Waals surface area contributed by atoms with Gasteiger partial charge in [0.05, 0.1) is 6.61 Å². The number of ether oxygens (including phenoxy) is 9. The van der Waals surface area contributed by atoms with E-state index in [2.05, 4.69) is 82.4 Å². The van der Waals surface area contributed by atoms with E-state index in [0.717, 1.165) is 89.5 Å². The average molecular weight is 2030 g/mol. The van der Waals surface area contributed by atoms with Gasteiger partial charge in [-0.25, -0.2) is 19.2 Å². The van der Waals surface area contributed by atoms with Crippen molar-refractivity contribution in [3.8, 4) is 22.3 Å². The molecule has 6 aliphatic carbocycles. The summed E-state index contributed by atoms with van der Waals surface area (Å²) in [5, 5.41) is 22.5. The fraction of sp³-hybridized carbons (Fsp3) is 0.664. The van der Waals surface area contributed by atoms with Gasteiger partial charge < -0.3 is 85.2 Å². The minimum absolute atomic E-state index is 0.0181. The number of benzene rings is 4. The number of carbonyl (C=O) groups is 13. The topological polar surface area (TPSA) is 401 Å². The van der Waals surface area contributed by atoms with Gasteiger partial charge in [0.15, 0.2) is 0 Å². The molecule has 4 saturated carbocycles. The molecule has 6 aliphatic rings. The molecule has 8 N–H and O–H groups in total. The van der Waals surface area contributed by atoms with E-state index in [1.165, 1.54) is 44.9 Å². The first-order valence-electron chi connectivity index (χ1n) is 54.7. The lowest BCUT2D eigenvalue weighted by atomic mass is 9.43. The van der Waals surface area contributed by atoms with Gasteiger partial charge >= 0.3 is 54.2 Å². The van der Waals surface area contributed by atoms with E-state index in [9.17, 15) is 52.7 Å². The fourth-order valence-corrected chi connectivity index (χ4v) is 23.2. The van der Waals surface area contributed by atoms with Gasteiger partial charge in [-0.15, -0.1) is 0 Å². The number of fused-ring (bicyclic) bond motifs is 11. The van der Waals surface area contributed by atoms with Crippen LogP contribution in [0.1, 0.15) is 362 Å². The minimum Gasteiger partial charge on any atom is -0.461 e. The highest BCUT2D eigenvalue weighted by Gasteiger charge is 2.68. The number of unbranched alkanes of at least 4 members (excludes halogenated alkanes) is 17. The van der Waals surface area contributed by atoms with Crippen LogP contribution in [0.3, 0.4) is 0 Å². The van der Waals surface area contributed by atoms with Crippen molar-refractivity contribution in [1.29, 1.82) is 0 Å². The molecule has 30 nitrogen and oxygen atoms in total. The maximum absolute atomic E-state index is 15.3. The zero-order valence-electron chi connectivity index (χ0n) is 89.6. The molecule has 14 atom stereocenters. The second kappa shape index (κ2) is 57.5. The van der Waals surface area contributed by atoms with E-state index in [-0.39, 0.29) is 143 Å². The second-order valence-electron chi connectivity index (χ2n) is 44.6. The van der Waals surface area contributed by atoms with Gasteiger partial charge in [0.2, 0.25) is 23.6 Å². The summed E-state index contributed by atoms with van der Waals surface area (Å²) in [7, 11) is 0. The van der Waals surface area contributed by atoms with Crippen LogP contribution in [0, 0.1) is 46.3 Å². The van der Waals surface area contributed by atoms with Gasteiger partial charge in [0.1, 0.15) is 86.1 Å². The summed E-state index contributed by atoms with van der Waals surface area (Å²) >= 11 is 0. The molecule has 146 heavy (non-hydrogen) atoms. The molecule has 30 heteroatoms. The molecule has 0 bridgehead atoms. The average Bonchev–Trinajstić information content (AvgIpc) is 1.42. The van der Waals surface area contributed by atoms with Crippen molar-refractivity contribution < 1.29 is 105 Å². The van der Waals surface area contributed by atoms with Crippen LogP contribution in [0.15, 0.2) is 109 Å². The largest absolute Gasteiger partial charge is 0.461 e. The van der Waals surface area contributed by atoms with Crippen LogP contribution in [-0.4, -0.2) is 184 Å². The second-order valence-corrected chi connectivity index (χ2v) is 44.6. The Labute approximate surface area is 866 Å². The van der Waals surface area contributed by atoms with Crippen LogP contribution in [-0.2, 0) is 85.8 Å². The normalized spacial score (nSPS) is 21.0. The van der Waals surface area contributed by atoms with Crippen LogP contribution in [0.5, 0.6) is 0 Å².